The smallest absolute Gasteiger partial charge is 0.249 e. The first-order chi connectivity index (χ1) is 10.1. The Balaban J connectivity index is 0.00000242. The summed E-state index contributed by atoms with van der Waals surface area (Å²) in [6.07, 6.45) is 1.22. The van der Waals surface area contributed by atoms with E-state index in [1.54, 1.807) is 0 Å². The second-order valence-electron chi connectivity index (χ2n) is 5.60. The van der Waals surface area contributed by atoms with Crippen LogP contribution in [-0.4, -0.2) is 37.3 Å². The summed E-state index contributed by atoms with van der Waals surface area (Å²) in [6, 6.07) is 7.78. The van der Waals surface area contributed by atoms with E-state index in [2.05, 4.69) is 5.32 Å². The Morgan fingerprint density at radius 1 is 1.50 bits per heavy atom. The van der Waals surface area contributed by atoms with Crippen molar-refractivity contribution in [1.29, 1.82) is 0 Å². The molecule has 0 bridgehead atoms. The van der Waals surface area contributed by atoms with Gasteiger partial charge in [0.05, 0.1) is 12.1 Å². The molecule has 3 atom stereocenters. The Morgan fingerprint density at radius 3 is 2.91 bits per heavy atom. The summed E-state index contributed by atoms with van der Waals surface area (Å²) in [7, 11) is 0. The maximum Gasteiger partial charge on any atom is 0.249 e. The second kappa shape index (κ2) is 8.98. The van der Waals surface area contributed by atoms with E-state index in [0.29, 0.717) is 13.2 Å². The number of aryl methyl sites for hydroxylation is 1. The molecular weight excluding hydrogens is 304 g/mol. The summed E-state index contributed by atoms with van der Waals surface area (Å²) in [4.78, 5) is 12.1. The van der Waals surface area contributed by atoms with Crippen molar-refractivity contribution in [3.63, 3.8) is 0 Å². The van der Waals surface area contributed by atoms with Crippen molar-refractivity contribution in [2.24, 2.45) is 5.73 Å². The van der Waals surface area contributed by atoms with Crippen LogP contribution in [0.3, 0.4) is 0 Å². The van der Waals surface area contributed by atoms with Crippen LogP contribution in [0.4, 0.5) is 0 Å². The quantitative estimate of drug-likeness (QED) is 0.835. The molecule has 22 heavy (non-hydrogen) atoms. The maximum absolute atomic E-state index is 12.1. The van der Waals surface area contributed by atoms with Gasteiger partial charge in [0, 0.05) is 6.54 Å². The first-order valence-corrected chi connectivity index (χ1v) is 7.44. The Kier molecular flexibility index (Phi) is 7.65. The van der Waals surface area contributed by atoms with Crippen molar-refractivity contribution in [2.45, 2.75) is 44.9 Å². The van der Waals surface area contributed by atoms with Gasteiger partial charge in [0.1, 0.15) is 18.5 Å². The lowest BCUT2D eigenvalue weighted by Gasteiger charge is -2.18. The molecule has 1 heterocycles. The molecule has 0 radical (unpaired) electrons. The number of hydrogen-bond acceptors (Lipinski definition) is 4. The van der Waals surface area contributed by atoms with E-state index >= 15 is 0 Å². The molecule has 0 aromatic heterocycles. The van der Waals surface area contributed by atoms with Crippen molar-refractivity contribution < 1.29 is 14.3 Å². The number of carbonyl (C=O) groups is 1. The number of amides is 1. The SMILES string of the molecule is Cc1cccc(OCC(C)NC(=O)[C@@H]2CC[C@H](CN)O2)c1.Cl. The molecule has 3 N–H and O–H groups in total. The van der Waals surface area contributed by atoms with Crippen molar-refractivity contribution in [3.8, 4) is 5.75 Å². The number of ether oxygens (including phenoxy) is 2. The minimum absolute atomic E-state index is 0. The Bertz CT molecular complexity index is 484. The molecule has 0 aliphatic carbocycles. The Hall–Kier alpha value is -1.30. The molecule has 1 aromatic carbocycles. The molecule has 1 aliphatic rings. The lowest BCUT2D eigenvalue weighted by Crippen LogP contribution is -2.43. The minimum atomic E-state index is -0.375. The van der Waals surface area contributed by atoms with Crippen molar-refractivity contribution >= 4 is 18.3 Å². The van der Waals surface area contributed by atoms with Gasteiger partial charge in [0.25, 0.3) is 0 Å². The van der Waals surface area contributed by atoms with Crippen LogP contribution in [0.15, 0.2) is 24.3 Å². The van der Waals surface area contributed by atoms with Crippen molar-refractivity contribution in [3.05, 3.63) is 29.8 Å². The normalized spacial score (nSPS) is 21.8. The third-order valence-corrected chi connectivity index (χ3v) is 3.54. The molecule has 6 heteroatoms. The lowest BCUT2D eigenvalue weighted by molar-refractivity contribution is -0.132. The van der Waals surface area contributed by atoms with E-state index in [9.17, 15) is 4.79 Å². The standard InChI is InChI=1S/C16H24N2O3.ClH/c1-11-4-3-5-13(8-11)20-10-12(2)18-16(19)15-7-6-14(9-17)21-15;/h3-5,8,12,14-15H,6-7,9-10,17H2,1-2H3,(H,18,19);1H/t12?,14-,15+;/m1./s1. The molecule has 124 valence electrons. The van der Waals surface area contributed by atoms with Gasteiger partial charge in [-0.3, -0.25) is 4.79 Å². The van der Waals surface area contributed by atoms with Gasteiger partial charge in [-0.25, -0.2) is 0 Å². The highest BCUT2D eigenvalue weighted by molar-refractivity contribution is 5.85. The fraction of sp³-hybridized carbons (Fsp3) is 0.562. The van der Waals surface area contributed by atoms with Gasteiger partial charge in [-0.05, 0) is 44.4 Å². The Labute approximate surface area is 138 Å². The average molecular weight is 329 g/mol. The van der Waals surface area contributed by atoms with Crippen LogP contribution >= 0.6 is 12.4 Å². The van der Waals surface area contributed by atoms with E-state index in [1.807, 2.05) is 38.1 Å². The van der Waals surface area contributed by atoms with Crippen LogP contribution in [0.25, 0.3) is 0 Å². The zero-order valence-electron chi connectivity index (χ0n) is 13.1. The van der Waals surface area contributed by atoms with E-state index in [0.717, 1.165) is 24.2 Å². The monoisotopic (exact) mass is 328 g/mol. The molecule has 2 rings (SSSR count). The fourth-order valence-electron chi connectivity index (χ4n) is 2.38. The largest absolute Gasteiger partial charge is 0.491 e. The van der Waals surface area contributed by atoms with Gasteiger partial charge >= 0.3 is 0 Å². The zero-order valence-corrected chi connectivity index (χ0v) is 13.9. The van der Waals surface area contributed by atoms with Crippen molar-refractivity contribution in [1.82, 2.24) is 5.32 Å². The van der Waals surface area contributed by atoms with E-state index in [1.165, 1.54) is 0 Å². The third-order valence-electron chi connectivity index (χ3n) is 3.54. The maximum atomic E-state index is 12.1. The van der Waals surface area contributed by atoms with Gasteiger partial charge < -0.3 is 20.5 Å². The molecule has 1 amide bonds. The molecule has 1 aliphatic heterocycles. The number of benzene rings is 1. The van der Waals surface area contributed by atoms with Gasteiger partial charge in [0.15, 0.2) is 0 Å². The lowest BCUT2D eigenvalue weighted by atomic mass is 10.2. The average Bonchev–Trinajstić information content (AvgIpc) is 2.94. The van der Waals surface area contributed by atoms with Gasteiger partial charge in [-0.15, -0.1) is 12.4 Å². The number of halogens is 1. The molecule has 1 unspecified atom stereocenters. The summed E-state index contributed by atoms with van der Waals surface area (Å²) in [5.74, 6) is 0.739. The van der Waals surface area contributed by atoms with E-state index < -0.39 is 0 Å². The minimum Gasteiger partial charge on any atom is -0.491 e. The highest BCUT2D eigenvalue weighted by Crippen LogP contribution is 2.19. The predicted molar refractivity (Wildman–Crippen MR) is 88.5 cm³/mol. The molecule has 1 fully saturated rings. The zero-order chi connectivity index (χ0) is 15.2. The fourth-order valence-corrected chi connectivity index (χ4v) is 2.38. The number of nitrogens with one attached hydrogen (secondary N) is 1. The summed E-state index contributed by atoms with van der Waals surface area (Å²) in [6.45, 7) is 4.84. The van der Waals surface area contributed by atoms with Crippen molar-refractivity contribution in [2.75, 3.05) is 13.2 Å². The molecule has 1 saturated heterocycles. The number of nitrogens with two attached hydrogens (primary N) is 1. The van der Waals surface area contributed by atoms with Crippen LogP contribution in [0.5, 0.6) is 5.75 Å². The van der Waals surface area contributed by atoms with Gasteiger partial charge in [-0.2, -0.15) is 0 Å². The summed E-state index contributed by atoms with van der Waals surface area (Å²) in [5, 5.41) is 2.92. The Morgan fingerprint density at radius 2 is 2.27 bits per heavy atom. The van der Waals surface area contributed by atoms with Gasteiger partial charge in [-0.1, -0.05) is 12.1 Å². The first-order valence-electron chi connectivity index (χ1n) is 7.44. The first kappa shape index (κ1) is 18.7. The predicted octanol–water partition coefficient (Wildman–Crippen LogP) is 1.81. The molecule has 1 aromatic rings. The number of carbonyl (C=O) groups excluding carboxylic acids is 1. The van der Waals surface area contributed by atoms with E-state index in [-0.39, 0.29) is 36.6 Å². The summed E-state index contributed by atoms with van der Waals surface area (Å²) in [5.41, 5.74) is 6.69. The van der Waals surface area contributed by atoms with E-state index in [4.69, 9.17) is 15.2 Å². The molecule has 5 nitrogen and oxygen atoms in total. The summed E-state index contributed by atoms with van der Waals surface area (Å²) < 4.78 is 11.3. The molecular formula is C16H25ClN2O3. The van der Waals surface area contributed by atoms with Crippen LogP contribution < -0.4 is 15.8 Å². The van der Waals surface area contributed by atoms with Crippen LogP contribution in [-0.2, 0) is 9.53 Å². The summed E-state index contributed by atoms with van der Waals surface area (Å²) >= 11 is 0. The number of hydrogen-bond donors (Lipinski definition) is 2. The van der Waals surface area contributed by atoms with Crippen LogP contribution in [0, 0.1) is 6.92 Å². The third kappa shape index (κ3) is 5.48. The highest BCUT2D eigenvalue weighted by Gasteiger charge is 2.30. The topological polar surface area (TPSA) is 73.6 Å². The molecule has 0 spiro atoms. The van der Waals surface area contributed by atoms with Crippen LogP contribution in [0.2, 0.25) is 0 Å². The number of rotatable bonds is 6. The van der Waals surface area contributed by atoms with Gasteiger partial charge in [0.2, 0.25) is 5.91 Å². The second-order valence-corrected chi connectivity index (χ2v) is 5.60. The molecule has 0 saturated carbocycles. The van der Waals surface area contributed by atoms with Crippen LogP contribution in [0.1, 0.15) is 25.3 Å². The highest BCUT2D eigenvalue weighted by atomic mass is 35.5.